The fraction of sp³-hybridized carbons (Fsp3) is 0.138. The summed E-state index contributed by atoms with van der Waals surface area (Å²) in [5, 5.41) is 0. The average Bonchev–Trinajstić information content (AvgIpc) is 2.25. The monoisotopic (exact) mass is 1030 g/mol. The van der Waals surface area contributed by atoms with Crippen molar-refractivity contribution in [1.82, 2.24) is 4.98 Å². The van der Waals surface area contributed by atoms with Gasteiger partial charge in [0.1, 0.15) is 11.1 Å². The maximum Gasteiger partial charge on any atom is 0.485 e. The van der Waals surface area contributed by atoms with Gasteiger partial charge in [-0.1, -0.05) is 147 Å². The molecule has 6 aromatic carbocycles. The topological polar surface area (TPSA) is 81.7 Å². The number of hydrogen-bond acceptors (Lipinski definition) is 4. The van der Waals surface area contributed by atoms with Crippen molar-refractivity contribution >= 4 is 10.1 Å². The van der Waals surface area contributed by atoms with Gasteiger partial charge in [-0.05, 0) is 83.6 Å². The summed E-state index contributed by atoms with van der Waals surface area (Å²) >= 11 is 0. The molecule has 10 aromatic rings. The normalized spacial score (nSPS) is 15.4. The van der Waals surface area contributed by atoms with Crippen LogP contribution in [0.4, 0.5) is 13.2 Å². The van der Waals surface area contributed by atoms with Gasteiger partial charge in [0, 0.05) is 76.7 Å². The highest BCUT2D eigenvalue weighted by Gasteiger charge is 2.66. The standard InChI is InChI=1S/C31H24N2.C19H17N.C14H14N.CHF3O3S/c1-2-22-20-30-25-15-7-9-17-28(25)31(33(30)21-26(22)23-12-4-3-5-13-23)27-16-8-6-14-24(27)29-18-10-11-19-32(29)31;1-2-15-13-19(17-11-7-4-8-12-17)20-14-18(15)16-9-5-3-6-10-16;1-14(2)12-8-4-3-7-11(12)13-9-5-6-10-15(13)14;2-1(3,4)8(5,6)7/h3-21H,2H2,1H3;3-14H,2H2,1H3;3-10H,1-2H3;(H,5,6,7)/q+2;;+1;/p-1/i1D3;;;. The van der Waals surface area contributed by atoms with Crippen LogP contribution in [0.3, 0.4) is 0 Å². The smallest absolute Gasteiger partial charge is 0.485 e. The van der Waals surface area contributed by atoms with E-state index in [2.05, 4.69) is 228 Å². The molecule has 1 spiro atoms. The van der Waals surface area contributed by atoms with Crippen LogP contribution in [-0.2, 0) is 34.2 Å². The van der Waals surface area contributed by atoms with Gasteiger partial charge < -0.3 is 4.55 Å². The van der Waals surface area contributed by atoms with Crippen LogP contribution in [-0.4, -0.2) is 23.5 Å². The highest BCUT2D eigenvalue weighted by Crippen LogP contribution is 2.47. The fourth-order valence-corrected chi connectivity index (χ4v) is 10.8. The number of aromatic nitrogens is 4. The van der Waals surface area contributed by atoms with E-state index in [4.69, 9.17) is 17.1 Å². The van der Waals surface area contributed by atoms with Crippen LogP contribution < -0.4 is 13.7 Å². The Bertz CT molecular complexity index is 3880. The minimum absolute atomic E-state index is 0.0144. The Morgan fingerprint density at radius 3 is 1.49 bits per heavy atom. The second kappa shape index (κ2) is 20.7. The molecule has 1 atom stereocenters. The Morgan fingerprint density at radius 1 is 0.513 bits per heavy atom. The molecule has 0 radical (unpaired) electrons. The van der Waals surface area contributed by atoms with Crippen LogP contribution in [0.5, 0.6) is 0 Å². The average molecular weight is 1030 g/mol. The van der Waals surface area contributed by atoms with E-state index in [-0.39, 0.29) is 12.0 Å². The van der Waals surface area contributed by atoms with Crippen molar-refractivity contribution in [3.05, 3.63) is 265 Å². The van der Waals surface area contributed by atoms with Gasteiger partial charge in [-0.3, -0.25) is 4.98 Å². The Labute approximate surface area is 446 Å². The third-order valence-electron chi connectivity index (χ3n) is 14.3. The van der Waals surface area contributed by atoms with Gasteiger partial charge in [0.2, 0.25) is 17.1 Å². The van der Waals surface area contributed by atoms with Gasteiger partial charge in [-0.15, -0.1) is 9.13 Å². The minimum Gasteiger partial charge on any atom is -0.741 e. The van der Waals surface area contributed by atoms with Crippen molar-refractivity contribution in [2.45, 2.75) is 57.2 Å². The van der Waals surface area contributed by atoms with E-state index in [1.807, 2.05) is 48.7 Å². The Kier molecular flexibility index (Phi) is 12.9. The fourth-order valence-electron chi connectivity index (χ4n) is 10.8. The minimum atomic E-state index is -6.09. The van der Waals surface area contributed by atoms with Crippen LogP contribution >= 0.6 is 0 Å². The maximum atomic E-state index is 10.7. The molecule has 1 unspecified atom stereocenters. The first-order valence-corrected chi connectivity index (χ1v) is 26.3. The van der Waals surface area contributed by atoms with E-state index in [0.717, 1.165) is 45.8 Å². The SMILES string of the molecule is CC1(C)c2ccccc2-c2cccc[n+]21.CCc1cc(-c2ccccc2)ncc1-c1ccccc1.O=S(=O)([O-])C(F)(F)F.[2H]C([2H])([2H])Cc1cc2[n+](cc1-c1ccccc1)C1(c3ccccc3-c3cccc[n+]31)c1ccccc1-2. The predicted octanol–water partition coefficient (Wildman–Crippen LogP) is 13.5. The number of aryl methyl sites for hydroxylation is 2. The first kappa shape index (κ1) is 47.3. The molecule has 378 valence electrons. The number of pyridine rings is 4. The largest absolute Gasteiger partial charge is 0.741 e. The first-order chi connectivity index (χ1) is 37.8. The van der Waals surface area contributed by atoms with E-state index < -0.39 is 28.1 Å². The molecule has 76 heavy (non-hydrogen) atoms. The van der Waals surface area contributed by atoms with Crippen molar-refractivity contribution in [3.63, 3.8) is 0 Å². The number of fused-ring (bicyclic) bond motifs is 13. The number of alkyl halides is 3. The highest BCUT2D eigenvalue weighted by atomic mass is 32.2. The lowest BCUT2D eigenvalue weighted by Crippen LogP contribution is -2.71. The molecule has 3 aliphatic rings. The maximum absolute atomic E-state index is 10.7. The molecule has 0 saturated heterocycles. The van der Waals surface area contributed by atoms with Gasteiger partial charge in [-0.25, -0.2) is 8.42 Å². The van der Waals surface area contributed by atoms with Gasteiger partial charge in [0.05, 0.1) is 22.4 Å². The summed E-state index contributed by atoms with van der Waals surface area (Å²) in [7, 11) is -6.09. The zero-order valence-electron chi connectivity index (χ0n) is 45.0. The molecule has 0 fully saturated rings. The summed E-state index contributed by atoms with van der Waals surface area (Å²) in [5.41, 5.74) is 13.7. The molecule has 4 aromatic heterocycles. The van der Waals surface area contributed by atoms with E-state index >= 15 is 0 Å². The van der Waals surface area contributed by atoms with Gasteiger partial charge in [0.15, 0.2) is 34.2 Å². The number of halogens is 3. The van der Waals surface area contributed by atoms with Gasteiger partial charge >= 0.3 is 11.2 Å². The molecule has 3 aliphatic heterocycles. The summed E-state index contributed by atoms with van der Waals surface area (Å²) < 4.78 is 90.1. The van der Waals surface area contributed by atoms with Crippen LogP contribution in [0.15, 0.2) is 237 Å². The van der Waals surface area contributed by atoms with Crippen LogP contribution in [0.1, 0.15) is 59.6 Å². The van der Waals surface area contributed by atoms with Crippen molar-refractivity contribution in [1.29, 1.82) is 0 Å². The van der Waals surface area contributed by atoms with Crippen molar-refractivity contribution < 1.29 is 44.0 Å². The summed E-state index contributed by atoms with van der Waals surface area (Å²) in [6.07, 6.45) is 9.52. The molecule has 0 saturated carbocycles. The first-order valence-electron chi connectivity index (χ1n) is 26.4. The molecule has 7 heterocycles. The zero-order valence-corrected chi connectivity index (χ0v) is 42.8. The molecule has 7 nitrogen and oxygen atoms in total. The quantitative estimate of drug-likeness (QED) is 0.0977. The van der Waals surface area contributed by atoms with E-state index in [1.54, 1.807) is 0 Å². The Hall–Kier alpha value is -8.38. The lowest BCUT2D eigenvalue weighted by Gasteiger charge is -2.18. The van der Waals surface area contributed by atoms with Crippen molar-refractivity contribution in [3.8, 4) is 67.3 Å². The van der Waals surface area contributed by atoms with Crippen LogP contribution in [0.25, 0.3) is 67.3 Å². The summed E-state index contributed by atoms with van der Waals surface area (Å²) in [6.45, 7) is 4.65. The Balaban J connectivity index is 0.000000137. The summed E-state index contributed by atoms with van der Waals surface area (Å²) in [4.78, 5) is 4.63. The lowest BCUT2D eigenvalue weighted by atomic mass is 9.90. The summed E-state index contributed by atoms with van der Waals surface area (Å²) in [5.74, 6) is 0. The number of nitrogens with zero attached hydrogens (tertiary/aromatic N) is 4. The number of hydrogen-bond donors (Lipinski definition) is 0. The number of rotatable bonds is 5. The predicted molar refractivity (Wildman–Crippen MR) is 291 cm³/mol. The van der Waals surface area contributed by atoms with Crippen LogP contribution in [0.2, 0.25) is 0 Å². The van der Waals surface area contributed by atoms with Gasteiger partial charge in [-0.2, -0.15) is 17.7 Å². The third-order valence-corrected chi connectivity index (χ3v) is 14.9. The van der Waals surface area contributed by atoms with Gasteiger partial charge in [0.25, 0.3) is 0 Å². The third kappa shape index (κ3) is 9.20. The molecule has 0 N–H and O–H groups in total. The molecule has 0 bridgehead atoms. The van der Waals surface area contributed by atoms with E-state index in [1.165, 1.54) is 55.8 Å². The molecule has 0 aliphatic carbocycles. The Morgan fingerprint density at radius 2 is 0.947 bits per heavy atom. The molecule has 0 amide bonds. The zero-order chi connectivity index (χ0) is 55.7. The van der Waals surface area contributed by atoms with E-state index in [0.29, 0.717) is 0 Å². The van der Waals surface area contributed by atoms with Crippen LogP contribution in [0, 0.1) is 0 Å². The van der Waals surface area contributed by atoms with Crippen molar-refractivity contribution in [2.75, 3.05) is 0 Å². The molecule has 11 heteroatoms. The summed E-state index contributed by atoms with van der Waals surface area (Å²) in [6, 6.07) is 73.7. The second-order valence-corrected chi connectivity index (χ2v) is 20.4. The molecular formula is C65H55F3N4O3S+2. The van der Waals surface area contributed by atoms with Crippen molar-refractivity contribution in [2.24, 2.45) is 0 Å². The lowest BCUT2D eigenvalue weighted by molar-refractivity contribution is -0.954. The highest BCUT2D eigenvalue weighted by molar-refractivity contribution is 7.86. The van der Waals surface area contributed by atoms with E-state index in [9.17, 15) is 13.2 Å². The number of benzene rings is 6. The molecular weight excluding hydrogens is 974 g/mol. The second-order valence-electron chi connectivity index (χ2n) is 19.0. The molecule has 13 rings (SSSR count).